The lowest BCUT2D eigenvalue weighted by Crippen LogP contribution is -2.51. The van der Waals surface area contributed by atoms with E-state index in [0.717, 1.165) is 43.0 Å². The van der Waals surface area contributed by atoms with Crippen molar-refractivity contribution in [2.75, 3.05) is 31.5 Å². The number of nitrogens with one attached hydrogen (secondary N) is 1. The molecule has 1 N–H and O–H groups in total. The van der Waals surface area contributed by atoms with Crippen LogP contribution >= 0.6 is 11.6 Å². The average molecular weight is 310 g/mol. The number of aryl methyl sites for hydroxylation is 2. The smallest absolute Gasteiger partial charge is 0.321 e. The minimum Gasteiger partial charge on any atom is -0.322 e. The molecule has 0 spiro atoms. The van der Waals surface area contributed by atoms with Crippen LogP contribution in [0.2, 0.25) is 5.02 Å². The Morgan fingerprint density at radius 1 is 1.19 bits per heavy atom. The number of hydrogen-bond donors (Lipinski definition) is 1. The van der Waals surface area contributed by atoms with Gasteiger partial charge in [-0.3, -0.25) is 4.90 Å². The predicted molar refractivity (Wildman–Crippen MR) is 88.2 cm³/mol. The average Bonchev–Trinajstić information content (AvgIpc) is 2.42. The molecule has 0 aliphatic carbocycles. The Bertz CT molecular complexity index is 499. The monoisotopic (exact) mass is 309 g/mol. The Hall–Kier alpha value is -1.26. The van der Waals surface area contributed by atoms with E-state index in [9.17, 15) is 4.79 Å². The van der Waals surface area contributed by atoms with Gasteiger partial charge in [-0.1, -0.05) is 17.7 Å². The highest BCUT2D eigenvalue weighted by atomic mass is 35.5. The van der Waals surface area contributed by atoms with Crippen molar-refractivity contribution in [2.24, 2.45) is 0 Å². The molecule has 0 aromatic heterocycles. The van der Waals surface area contributed by atoms with Gasteiger partial charge >= 0.3 is 6.03 Å². The zero-order chi connectivity index (χ0) is 15.6. The molecule has 5 heteroatoms. The first-order valence-corrected chi connectivity index (χ1v) is 7.83. The van der Waals surface area contributed by atoms with Crippen molar-refractivity contribution in [1.29, 1.82) is 0 Å². The van der Waals surface area contributed by atoms with Gasteiger partial charge in [0.2, 0.25) is 0 Å². The number of carbonyl (C=O) groups is 1. The van der Waals surface area contributed by atoms with E-state index < -0.39 is 0 Å². The lowest BCUT2D eigenvalue weighted by molar-refractivity contribution is 0.125. The Morgan fingerprint density at radius 2 is 1.81 bits per heavy atom. The Kier molecular flexibility index (Phi) is 5.12. The number of hydrogen-bond acceptors (Lipinski definition) is 2. The maximum Gasteiger partial charge on any atom is 0.321 e. The minimum atomic E-state index is -0.0627. The third-order valence-corrected chi connectivity index (χ3v) is 4.29. The number of nitrogens with zero attached hydrogens (tertiary/aromatic N) is 2. The number of carbonyl (C=O) groups excluding carboxylic acids is 1. The number of amides is 2. The zero-order valence-electron chi connectivity index (χ0n) is 13.2. The molecule has 2 rings (SSSR count). The summed E-state index contributed by atoms with van der Waals surface area (Å²) in [6.45, 7) is 11.7. The molecule has 1 fully saturated rings. The van der Waals surface area contributed by atoms with Crippen LogP contribution in [0, 0.1) is 13.8 Å². The van der Waals surface area contributed by atoms with Gasteiger partial charge in [-0.15, -0.1) is 0 Å². The number of benzene rings is 1. The molecular formula is C16H24ClN3O. The maximum absolute atomic E-state index is 12.4. The second-order valence-electron chi connectivity index (χ2n) is 5.99. The maximum atomic E-state index is 12.4. The van der Waals surface area contributed by atoms with Gasteiger partial charge in [0.15, 0.2) is 0 Å². The summed E-state index contributed by atoms with van der Waals surface area (Å²) in [5.41, 5.74) is 2.81. The molecule has 21 heavy (non-hydrogen) atoms. The van der Waals surface area contributed by atoms with Gasteiger partial charge in [0.05, 0.1) is 10.7 Å². The highest BCUT2D eigenvalue weighted by Crippen LogP contribution is 2.27. The van der Waals surface area contributed by atoms with E-state index in [1.165, 1.54) is 0 Å². The number of rotatable bonds is 2. The molecule has 1 heterocycles. The summed E-state index contributed by atoms with van der Waals surface area (Å²) >= 11 is 6.24. The van der Waals surface area contributed by atoms with Gasteiger partial charge in [-0.25, -0.2) is 4.79 Å². The second-order valence-corrected chi connectivity index (χ2v) is 6.39. The normalized spacial score (nSPS) is 16.4. The summed E-state index contributed by atoms with van der Waals surface area (Å²) in [5, 5.41) is 3.55. The first-order chi connectivity index (χ1) is 9.88. The summed E-state index contributed by atoms with van der Waals surface area (Å²) in [4.78, 5) is 16.6. The Morgan fingerprint density at radius 3 is 2.33 bits per heavy atom. The topological polar surface area (TPSA) is 35.6 Å². The fourth-order valence-electron chi connectivity index (χ4n) is 2.70. The van der Waals surface area contributed by atoms with Crippen LogP contribution in [0.1, 0.15) is 25.0 Å². The van der Waals surface area contributed by atoms with E-state index in [2.05, 4.69) is 24.1 Å². The predicted octanol–water partition coefficient (Wildman–Crippen LogP) is 3.51. The van der Waals surface area contributed by atoms with Gasteiger partial charge in [-0.2, -0.15) is 0 Å². The van der Waals surface area contributed by atoms with E-state index in [-0.39, 0.29) is 6.03 Å². The molecular weight excluding hydrogens is 286 g/mol. The number of halogens is 1. The molecule has 116 valence electrons. The molecule has 0 unspecified atom stereocenters. The fraction of sp³-hybridized carbons (Fsp3) is 0.562. The summed E-state index contributed by atoms with van der Waals surface area (Å²) in [5.74, 6) is 0. The van der Waals surface area contributed by atoms with Gasteiger partial charge in [-0.05, 0) is 44.9 Å². The molecule has 0 saturated carbocycles. The van der Waals surface area contributed by atoms with E-state index in [1.807, 2.05) is 30.9 Å². The van der Waals surface area contributed by atoms with Gasteiger partial charge in [0.25, 0.3) is 0 Å². The molecule has 1 aromatic rings. The molecule has 0 atom stereocenters. The van der Waals surface area contributed by atoms with Crippen molar-refractivity contribution in [3.63, 3.8) is 0 Å². The number of anilines is 1. The molecule has 1 aliphatic heterocycles. The molecule has 0 bridgehead atoms. The molecule has 4 nitrogen and oxygen atoms in total. The Balaban J connectivity index is 2.00. The largest absolute Gasteiger partial charge is 0.322 e. The highest BCUT2D eigenvalue weighted by molar-refractivity contribution is 6.34. The van der Waals surface area contributed by atoms with Crippen molar-refractivity contribution < 1.29 is 4.79 Å². The van der Waals surface area contributed by atoms with Crippen molar-refractivity contribution in [3.8, 4) is 0 Å². The molecule has 1 aliphatic rings. The molecule has 2 amide bonds. The highest BCUT2D eigenvalue weighted by Gasteiger charge is 2.23. The van der Waals surface area contributed by atoms with Crippen LogP contribution in [0.5, 0.6) is 0 Å². The Labute approximate surface area is 132 Å². The van der Waals surface area contributed by atoms with Crippen molar-refractivity contribution in [1.82, 2.24) is 9.80 Å². The number of urea groups is 1. The lowest BCUT2D eigenvalue weighted by Gasteiger charge is -2.36. The van der Waals surface area contributed by atoms with Gasteiger partial charge in [0.1, 0.15) is 0 Å². The third kappa shape index (κ3) is 3.89. The van der Waals surface area contributed by atoms with Gasteiger partial charge in [0, 0.05) is 32.2 Å². The van der Waals surface area contributed by atoms with Crippen LogP contribution in [0.25, 0.3) is 0 Å². The summed E-state index contributed by atoms with van der Waals surface area (Å²) < 4.78 is 0. The van der Waals surface area contributed by atoms with E-state index >= 15 is 0 Å². The third-order valence-electron chi connectivity index (χ3n) is 4.00. The van der Waals surface area contributed by atoms with Gasteiger partial charge < -0.3 is 10.2 Å². The van der Waals surface area contributed by atoms with Crippen molar-refractivity contribution >= 4 is 23.3 Å². The zero-order valence-corrected chi connectivity index (χ0v) is 14.0. The van der Waals surface area contributed by atoms with Crippen LogP contribution in [0.3, 0.4) is 0 Å². The summed E-state index contributed by atoms with van der Waals surface area (Å²) in [6, 6.07) is 4.37. The minimum absolute atomic E-state index is 0.0627. The van der Waals surface area contributed by atoms with E-state index in [1.54, 1.807) is 0 Å². The fourth-order valence-corrected chi connectivity index (χ4v) is 3.07. The van der Waals surface area contributed by atoms with Crippen LogP contribution in [-0.2, 0) is 0 Å². The van der Waals surface area contributed by atoms with Crippen LogP contribution < -0.4 is 5.32 Å². The SMILES string of the molecule is Cc1cc(C)c(NC(=O)N2CCN(C(C)C)CC2)c(Cl)c1. The molecule has 1 aromatic carbocycles. The first-order valence-electron chi connectivity index (χ1n) is 7.45. The second kappa shape index (κ2) is 6.67. The van der Waals surface area contributed by atoms with Crippen LogP contribution in [-0.4, -0.2) is 48.1 Å². The quantitative estimate of drug-likeness (QED) is 0.907. The summed E-state index contributed by atoms with van der Waals surface area (Å²) in [7, 11) is 0. The molecule has 0 radical (unpaired) electrons. The van der Waals surface area contributed by atoms with Crippen molar-refractivity contribution in [3.05, 3.63) is 28.3 Å². The van der Waals surface area contributed by atoms with Crippen LogP contribution in [0.4, 0.5) is 10.5 Å². The van der Waals surface area contributed by atoms with E-state index in [0.29, 0.717) is 11.1 Å². The standard InChI is InChI=1S/C16H24ClN3O/c1-11(2)19-5-7-20(8-6-19)16(21)18-15-13(4)9-12(3)10-14(15)17/h9-11H,5-8H2,1-4H3,(H,18,21). The summed E-state index contributed by atoms with van der Waals surface area (Å²) in [6.07, 6.45) is 0. The number of piperazine rings is 1. The van der Waals surface area contributed by atoms with Crippen LogP contribution in [0.15, 0.2) is 12.1 Å². The first kappa shape index (κ1) is 16.1. The molecule has 1 saturated heterocycles. The van der Waals surface area contributed by atoms with E-state index in [4.69, 9.17) is 11.6 Å². The lowest BCUT2D eigenvalue weighted by atomic mass is 10.1. The van der Waals surface area contributed by atoms with Crippen molar-refractivity contribution in [2.45, 2.75) is 33.7 Å².